The van der Waals surface area contributed by atoms with Crippen molar-refractivity contribution in [2.75, 3.05) is 0 Å². The molecule has 1 fully saturated rings. The Morgan fingerprint density at radius 1 is 0.853 bits per heavy atom. The normalized spacial score (nSPS) is 17.8. The molecule has 2 aromatic carbocycles. The molecule has 2 aromatic heterocycles. The van der Waals surface area contributed by atoms with Gasteiger partial charge in [0.2, 0.25) is 0 Å². The van der Waals surface area contributed by atoms with Crippen molar-refractivity contribution in [3.8, 4) is 28.5 Å². The monoisotopic (exact) mass is 454 g/mol. The lowest BCUT2D eigenvalue weighted by Gasteiger charge is -2.33. The van der Waals surface area contributed by atoms with Crippen molar-refractivity contribution in [3.05, 3.63) is 90.4 Å². The maximum absolute atomic E-state index is 6.02. The molecule has 34 heavy (non-hydrogen) atoms. The van der Waals surface area contributed by atoms with E-state index in [0.29, 0.717) is 5.75 Å². The van der Waals surface area contributed by atoms with Gasteiger partial charge in [0, 0.05) is 30.3 Å². The van der Waals surface area contributed by atoms with Crippen LogP contribution in [-0.4, -0.2) is 26.9 Å². The standard InChI is InChI=1S/C28H30N4O2/c1-28(2,21-6-10-24(11-7-21)34-26-14-22(29)15-26)20-4-8-23(9-5-20)33-25-12-13-27(30-17-25)19-16-31-32(3)18-19/h4-13,16-18,22,26H,14-15,29H2,1-3H3. The van der Waals surface area contributed by atoms with Gasteiger partial charge in [-0.25, -0.2) is 0 Å². The van der Waals surface area contributed by atoms with Gasteiger partial charge in [-0.05, 0) is 60.4 Å². The second-order valence-electron chi connectivity index (χ2n) is 9.53. The van der Waals surface area contributed by atoms with Gasteiger partial charge in [-0.15, -0.1) is 0 Å². The Kier molecular flexibility index (Phi) is 5.84. The van der Waals surface area contributed by atoms with E-state index in [-0.39, 0.29) is 17.6 Å². The molecule has 0 atom stereocenters. The van der Waals surface area contributed by atoms with Crippen molar-refractivity contribution in [1.82, 2.24) is 14.8 Å². The molecule has 2 N–H and O–H groups in total. The number of aromatic nitrogens is 3. The van der Waals surface area contributed by atoms with E-state index in [1.165, 1.54) is 11.1 Å². The van der Waals surface area contributed by atoms with Crippen LogP contribution in [0.1, 0.15) is 37.8 Å². The van der Waals surface area contributed by atoms with Crippen molar-refractivity contribution in [2.45, 2.75) is 44.2 Å². The lowest BCUT2D eigenvalue weighted by Crippen LogP contribution is -2.43. The highest BCUT2D eigenvalue weighted by Gasteiger charge is 2.28. The molecular formula is C28H30N4O2. The second kappa shape index (κ2) is 8.95. The van der Waals surface area contributed by atoms with Crippen molar-refractivity contribution in [2.24, 2.45) is 12.8 Å². The molecule has 6 nitrogen and oxygen atoms in total. The molecule has 6 heteroatoms. The first kappa shape index (κ1) is 22.2. The van der Waals surface area contributed by atoms with Crippen molar-refractivity contribution >= 4 is 0 Å². The van der Waals surface area contributed by atoms with E-state index in [4.69, 9.17) is 15.2 Å². The van der Waals surface area contributed by atoms with Crippen LogP contribution in [0.3, 0.4) is 0 Å². The molecule has 0 spiro atoms. The summed E-state index contributed by atoms with van der Waals surface area (Å²) < 4.78 is 13.8. The largest absolute Gasteiger partial charge is 0.490 e. The van der Waals surface area contributed by atoms with Crippen LogP contribution >= 0.6 is 0 Å². The first-order valence-corrected chi connectivity index (χ1v) is 11.6. The van der Waals surface area contributed by atoms with Crippen LogP contribution < -0.4 is 15.2 Å². The van der Waals surface area contributed by atoms with Crippen LogP contribution in [0, 0.1) is 0 Å². The van der Waals surface area contributed by atoms with E-state index in [1.54, 1.807) is 17.1 Å². The molecule has 174 valence electrons. The van der Waals surface area contributed by atoms with Crippen LogP contribution in [0.15, 0.2) is 79.3 Å². The third-order valence-corrected chi connectivity index (χ3v) is 6.56. The molecule has 0 amide bonds. The van der Waals surface area contributed by atoms with Crippen LogP contribution in [0.4, 0.5) is 0 Å². The summed E-state index contributed by atoms with van der Waals surface area (Å²) in [6.07, 6.45) is 7.60. The molecule has 0 radical (unpaired) electrons. The van der Waals surface area contributed by atoms with Crippen LogP contribution in [0.2, 0.25) is 0 Å². The zero-order chi connectivity index (χ0) is 23.7. The Bertz CT molecular complexity index is 1240. The zero-order valence-corrected chi connectivity index (χ0v) is 19.8. The smallest absolute Gasteiger partial charge is 0.145 e. The Morgan fingerprint density at radius 2 is 1.47 bits per heavy atom. The van der Waals surface area contributed by atoms with Gasteiger partial charge in [-0.1, -0.05) is 38.1 Å². The number of rotatable bonds is 7. The lowest BCUT2D eigenvalue weighted by atomic mass is 9.78. The fraction of sp³-hybridized carbons (Fsp3) is 0.286. The molecule has 0 bridgehead atoms. The number of benzene rings is 2. The molecule has 1 saturated carbocycles. The quantitative estimate of drug-likeness (QED) is 0.401. The maximum atomic E-state index is 6.02. The molecule has 1 aliphatic carbocycles. The number of hydrogen-bond donors (Lipinski definition) is 1. The summed E-state index contributed by atoms with van der Waals surface area (Å²) in [5.41, 5.74) is 9.99. The molecule has 1 aliphatic rings. The maximum Gasteiger partial charge on any atom is 0.145 e. The van der Waals surface area contributed by atoms with Crippen LogP contribution in [0.5, 0.6) is 17.2 Å². The predicted octanol–water partition coefficient (Wildman–Crippen LogP) is 5.47. The van der Waals surface area contributed by atoms with Crippen LogP contribution in [-0.2, 0) is 12.5 Å². The van der Waals surface area contributed by atoms with Crippen molar-refractivity contribution in [1.29, 1.82) is 0 Å². The first-order valence-electron chi connectivity index (χ1n) is 11.6. The minimum absolute atomic E-state index is 0.150. The summed E-state index contributed by atoms with van der Waals surface area (Å²) in [5, 5.41) is 4.19. The summed E-state index contributed by atoms with van der Waals surface area (Å²) in [7, 11) is 1.89. The van der Waals surface area contributed by atoms with Gasteiger partial charge in [0.15, 0.2) is 0 Å². The molecule has 0 unspecified atom stereocenters. The van der Waals surface area contributed by atoms with Crippen molar-refractivity contribution < 1.29 is 9.47 Å². The van der Waals surface area contributed by atoms with E-state index in [9.17, 15) is 0 Å². The summed E-state index contributed by atoms with van der Waals surface area (Å²) in [5.74, 6) is 2.38. The summed E-state index contributed by atoms with van der Waals surface area (Å²) >= 11 is 0. The lowest BCUT2D eigenvalue weighted by molar-refractivity contribution is 0.101. The van der Waals surface area contributed by atoms with E-state index >= 15 is 0 Å². The number of aryl methyl sites for hydroxylation is 1. The van der Waals surface area contributed by atoms with Gasteiger partial charge in [0.25, 0.3) is 0 Å². The highest BCUT2D eigenvalue weighted by atomic mass is 16.5. The van der Waals surface area contributed by atoms with E-state index < -0.39 is 0 Å². The summed E-state index contributed by atoms with van der Waals surface area (Å²) in [6.45, 7) is 4.45. The molecule has 4 aromatic rings. The van der Waals surface area contributed by atoms with Gasteiger partial charge < -0.3 is 15.2 Å². The van der Waals surface area contributed by atoms with Gasteiger partial charge in [-0.3, -0.25) is 9.67 Å². The van der Waals surface area contributed by atoms with E-state index in [0.717, 1.165) is 35.6 Å². The number of ether oxygens (including phenoxy) is 2. The Balaban J connectivity index is 1.24. The number of hydrogen-bond acceptors (Lipinski definition) is 5. The molecule has 2 heterocycles. The first-order chi connectivity index (χ1) is 16.4. The van der Waals surface area contributed by atoms with Crippen molar-refractivity contribution in [3.63, 3.8) is 0 Å². The molecule has 0 aliphatic heterocycles. The van der Waals surface area contributed by atoms with Gasteiger partial charge >= 0.3 is 0 Å². The average molecular weight is 455 g/mol. The third kappa shape index (κ3) is 4.68. The number of pyridine rings is 1. The van der Waals surface area contributed by atoms with Crippen LogP contribution in [0.25, 0.3) is 11.3 Å². The van der Waals surface area contributed by atoms with E-state index in [1.807, 2.05) is 37.5 Å². The SMILES string of the molecule is Cn1cc(-c2ccc(Oc3ccc(C(C)(C)c4ccc(OC5CC(N)C5)cc4)cc3)cn2)cn1. The minimum atomic E-state index is -0.150. The fourth-order valence-electron chi connectivity index (χ4n) is 4.25. The van der Waals surface area contributed by atoms with E-state index in [2.05, 4.69) is 60.3 Å². The highest BCUT2D eigenvalue weighted by Crippen LogP contribution is 2.35. The fourth-order valence-corrected chi connectivity index (χ4v) is 4.25. The topological polar surface area (TPSA) is 75.2 Å². The Hall–Kier alpha value is -3.64. The second-order valence-corrected chi connectivity index (χ2v) is 9.53. The van der Waals surface area contributed by atoms with Gasteiger partial charge in [0.1, 0.15) is 23.4 Å². The zero-order valence-electron chi connectivity index (χ0n) is 19.8. The van der Waals surface area contributed by atoms with Gasteiger partial charge in [-0.2, -0.15) is 5.10 Å². The summed E-state index contributed by atoms with van der Waals surface area (Å²) in [4.78, 5) is 4.50. The third-order valence-electron chi connectivity index (χ3n) is 6.56. The predicted molar refractivity (Wildman–Crippen MR) is 133 cm³/mol. The number of nitrogens with two attached hydrogens (primary N) is 1. The Labute approximate surface area is 200 Å². The summed E-state index contributed by atoms with van der Waals surface area (Å²) in [6, 6.07) is 20.8. The molecular weight excluding hydrogens is 424 g/mol. The Morgan fingerprint density at radius 3 is 2.00 bits per heavy atom. The molecule has 0 saturated heterocycles. The highest BCUT2D eigenvalue weighted by molar-refractivity contribution is 5.57. The minimum Gasteiger partial charge on any atom is -0.490 e. The number of nitrogens with zero attached hydrogens (tertiary/aromatic N) is 3. The van der Waals surface area contributed by atoms with Gasteiger partial charge in [0.05, 0.1) is 18.1 Å². The average Bonchev–Trinajstić information content (AvgIpc) is 3.25. The molecule has 5 rings (SSSR count).